The summed E-state index contributed by atoms with van der Waals surface area (Å²) in [6, 6.07) is 0. The van der Waals surface area contributed by atoms with Crippen molar-refractivity contribution in [3.8, 4) is 0 Å². The molecule has 104 valence electrons. The van der Waals surface area contributed by atoms with Crippen LogP contribution < -0.4 is 5.73 Å². The van der Waals surface area contributed by atoms with Gasteiger partial charge in [0.2, 0.25) is 5.91 Å². The molecule has 0 aromatic heterocycles. The molecule has 2 rings (SSSR count). The molecular weight excluding hydrogens is 244 g/mol. The molecule has 18 heavy (non-hydrogen) atoms. The van der Waals surface area contributed by atoms with Crippen molar-refractivity contribution in [1.82, 2.24) is 4.90 Å². The number of hydrogen-bond acceptors (Lipinski definition) is 3. The van der Waals surface area contributed by atoms with Crippen LogP contribution in [0.4, 0.5) is 0 Å². The van der Waals surface area contributed by atoms with Crippen LogP contribution in [0.25, 0.3) is 0 Å². The summed E-state index contributed by atoms with van der Waals surface area (Å²) in [6.45, 7) is 4.80. The third kappa shape index (κ3) is 3.64. The molecule has 0 aromatic carbocycles. The van der Waals surface area contributed by atoms with E-state index in [0.717, 1.165) is 25.9 Å². The Bertz CT molecular complexity index is 279. The molecule has 2 atom stereocenters. The molecule has 0 spiro atoms. The highest BCUT2D eigenvalue weighted by molar-refractivity contribution is 7.99. The lowest BCUT2D eigenvalue weighted by molar-refractivity contribution is -0.134. The molecule has 0 radical (unpaired) electrons. The van der Waals surface area contributed by atoms with Crippen molar-refractivity contribution in [3.05, 3.63) is 0 Å². The molecule has 3 nitrogen and oxygen atoms in total. The Kier molecular flexibility index (Phi) is 5.37. The summed E-state index contributed by atoms with van der Waals surface area (Å²) < 4.78 is 0. The quantitative estimate of drug-likeness (QED) is 0.853. The Morgan fingerprint density at radius 1 is 1.33 bits per heavy atom. The fourth-order valence-corrected chi connectivity index (χ4v) is 4.21. The van der Waals surface area contributed by atoms with Gasteiger partial charge in [0.05, 0.1) is 0 Å². The molecule has 0 aliphatic carbocycles. The van der Waals surface area contributed by atoms with Crippen LogP contribution in [0, 0.1) is 17.8 Å². The predicted molar refractivity (Wildman–Crippen MR) is 77.6 cm³/mol. The van der Waals surface area contributed by atoms with Gasteiger partial charge in [0, 0.05) is 19.5 Å². The number of hydrogen-bond donors (Lipinski definition) is 1. The number of piperidine rings is 1. The van der Waals surface area contributed by atoms with Gasteiger partial charge in [-0.05, 0) is 55.1 Å². The van der Waals surface area contributed by atoms with Gasteiger partial charge in [-0.2, -0.15) is 11.8 Å². The summed E-state index contributed by atoms with van der Waals surface area (Å²) in [7, 11) is 0. The molecule has 2 heterocycles. The van der Waals surface area contributed by atoms with E-state index in [4.69, 9.17) is 5.73 Å². The van der Waals surface area contributed by atoms with Crippen LogP contribution in [0.2, 0.25) is 0 Å². The van der Waals surface area contributed by atoms with Gasteiger partial charge in [-0.15, -0.1) is 0 Å². The largest absolute Gasteiger partial charge is 0.342 e. The fraction of sp³-hybridized carbons (Fsp3) is 0.929. The van der Waals surface area contributed by atoms with E-state index in [1.54, 1.807) is 0 Å². The van der Waals surface area contributed by atoms with E-state index in [2.05, 4.69) is 11.8 Å². The lowest BCUT2D eigenvalue weighted by Gasteiger charge is -2.37. The molecule has 0 bridgehead atoms. The zero-order valence-corrected chi connectivity index (χ0v) is 12.3. The topological polar surface area (TPSA) is 46.3 Å². The van der Waals surface area contributed by atoms with Crippen molar-refractivity contribution in [3.63, 3.8) is 0 Å². The number of nitrogens with two attached hydrogens (primary N) is 1. The SMILES string of the molecule is CC1CCN(C(=O)CC2CCSCC2)CC1CN. The molecule has 1 amide bonds. The number of thioether (sulfide) groups is 1. The van der Waals surface area contributed by atoms with Crippen LogP contribution in [-0.4, -0.2) is 41.9 Å². The highest BCUT2D eigenvalue weighted by Gasteiger charge is 2.29. The van der Waals surface area contributed by atoms with E-state index in [1.165, 1.54) is 24.3 Å². The maximum atomic E-state index is 12.3. The predicted octanol–water partition coefficient (Wildman–Crippen LogP) is 1.96. The van der Waals surface area contributed by atoms with Crippen molar-refractivity contribution in [2.45, 2.75) is 32.6 Å². The number of carbonyl (C=O) groups is 1. The van der Waals surface area contributed by atoms with E-state index in [0.29, 0.717) is 30.2 Å². The van der Waals surface area contributed by atoms with Crippen LogP contribution in [-0.2, 0) is 4.79 Å². The molecule has 2 saturated heterocycles. The normalized spacial score (nSPS) is 30.4. The lowest BCUT2D eigenvalue weighted by Crippen LogP contribution is -2.46. The minimum Gasteiger partial charge on any atom is -0.342 e. The van der Waals surface area contributed by atoms with Crippen LogP contribution in [0.3, 0.4) is 0 Å². The Morgan fingerprint density at radius 3 is 2.72 bits per heavy atom. The van der Waals surface area contributed by atoms with Crippen LogP contribution in [0.15, 0.2) is 0 Å². The van der Waals surface area contributed by atoms with Gasteiger partial charge in [0.15, 0.2) is 0 Å². The Morgan fingerprint density at radius 2 is 2.06 bits per heavy atom. The number of rotatable bonds is 3. The average Bonchev–Trinajstić information content (AvgIpc) is 2.40. The maximum absolute atomic E-state index is 12.3. The van der Waals surface area contributed by atoms with Crippen LogP contribution in [0.5, 0.6) is 0 Å². The third-order valence-electron chi connectivity index (χ3n) is 4.57. The van der Waals surface area contributed by atoms with Gasteiger partial charge in [-0.3, -0.25) is 4.79 Å². The lowest BCUT2D eigenvalue weighted by atomic mass is 9.86. The second-order valence-corrected chi connectivity index (χ2v) is 7.09. The van der Waals surface area contributed by atoms with Crippen molar-refractivity contribution in [2.75, 3.05) is 31.1 Å². The van der Waals surface area contributed by atoms with E-state index >= 15 is 0 Å². The number of nitrogens with zero attached hydrogens (tertiary/aromatic N) is 1. The highest BCUT2D eigenvalue weighted by Crippen LogP contribution is 2.28. The minimum absolute atomic E-state index is 0.372. The first-order valence-electron chi connectivity index (χ1n) is 7.26. The number of carbonyl (C=O) groups excluding carboxylic acids is 1. The van der Waals surface area contributed by atoms with Gasteiger partial charge < -0.3 is 10.6 Å². The monoisotopic (exact) mass is 270 g/mol. The Balaban J connectivity index is 1.81. The van der Waals surface area contributed by atoms with Crippen molar-refractivity contribution in [2.24, 2.45) is 23.5 Å². The van der Waals surface area contributed by atoms with E-state index in [-0.39, 0.29) is 0 Å². The highest BCUT2D eigenvalue weighted by atomic mass is 32.2. The van der Waals surface area contributed by atoms with Crippen molar-refractivity contribution in [1.29, 1.82) is 0 Å². The standard InChI is InChI=1S/C14H26N2OS/c1-11-2-5-16(10-13(11)9-15)14(17)8-12-3-6-18-7-4-12/h11-13H,2-10,15H2,1H3. The summed E-state index contributed by atoms with van der Waals surface area (Å²) in [5.74, 6) is 4.65. The smallest absolute Gasteiger partial charge is 0.222 e. The minimum atomic E-state index is 0.372. The molecule has 2 N–H and O–H groups in total. The van der Waals surface area contributed by atoms with Crippen molar-refractivity contribution < 1.29 is 4.79 Å². The fourth-order valence-electron chi connectivity index (χ4n) is 3.01. The second-order valence-electron chi connectivity index (χ2n) is 5.86. The Labute approximate surface area is 115 Å². The molecule has 2 aliphatic rings. The summed E-state index contributed by atoms with van der Waals surface area (Å²) in [5.41, 5.74) is 5.80. The first kappa shape index (κ1) is 14.2. The van der Waals surface area contributed by atoms with Gasteiger partial charge >= 0.3 is 0 Å². The summed E-state index contributed by atoms with van der Waals surface area (Å²) in [6.07, 6.45) is 4.34. The number of amides is 1. The molecule has 0 aromatic rings. The van der Waals surface area contributed by atoms with Gasteiger partial charge in [-0.25, -0.2) is 0 Å². The molecule has 2 unspecified atom stereocenters. The van der Waals surface area contributed by atoms with Gasteiger partial charge in [-0.1, -0.05) is 6.92 Å². The average molecular weight is 270 g/mol. The van der Waals surface area contributed by atoms with Gasteiger partial charge in [0.1, 0.15) is 0 Å². The van der Waals surface area contributed by atoms with Crippen LogP contribution >= 0.6 is 11.8 Å². The number of likely N-dealkylation sites (tertiary alicyclic amines) is 1. The van der Waals surface area contributed by atoms with Crippen molar-refractivity contribution >= 4 is 17.7 Å². The zero-order chi connectivity index (χ0) is 13.0. The summed E-state index contributed by atoms with van der Waals surface area (Å²) in [5, 5.41) is 0. The first-order chi connectivity index (χ1) is 8.70. The molecule has 4 heteroatoms. The van der Waals surface area contributed by atoms with E-state index < -0.39 is 0 Å². The summed E-state index contributed by atoms with van der Waals surface area (Å²) >= 11 is 2.02. The molecule has 0 saturated carbocycles. The van der Waals surface area contributed by atoms with E-state index in [9.17, 15) is 4.79 Å². The molecular formula is C14H26N2OS. The second kappa shape index (κ2) is 6.80. The first-order valence-corrected chi connectivity index (χ1v) is 8.41. The van der Waals surface area contributed by atoms with Gasteiger partial charge in [0.25, 0.3) is 0 Å². The Hall–Kier alpha value is -0.220. The molecule has 2 fully saturated rings. The van der Waals surface area contributed by atoms with E-state index in [1.807, 2.05) is 11.8 Å². The zero-order valence-electron chi connectivity index (χ0n) is 11.4. The van der Waals surface area contributed by atoms with Crippen LogP contribution in [0.1, 0.15) is 32.6 Å². The summed E-state index contributed by atoms with van der Waals surface area (Å²) in [4.78, 5) is 14.4. The maximum Gasteiger partial charge on any atom is 0.222 e. The molecule has 2 aliphatic heterocycles. The third-order valence-corrected chi connectivity index (χ3v) is 5.62.